The van der Waals surface area contributed by atoms with Gasteiger partial charge >= 0.3 is 0 Å². The molecule has 2 N–H and O–H groups in total. The van der Waals surface area contributed by atoms with Crippen LogP contribution < -0.4 is 25.7 Å². The fraction of sp³-hybridized carbons (Fsp3) is 0.364. The van der Waals surface area contributed by atoms with E-state index in [1.165, 1.54) is 11.6 Å². The molecule has 9 heteroatoms. The van der Waals surface area contributed by atoms with E-state index in [2.05, 4.69) is 32.7 Å². The number of fused-ring (bicyclic) bond motifs is 2. The molecule has 1 saturated heterocycles. The number of aryl methyl sites for hydroxylation is 1. The van der Waals surface area contributed by atoms with Gasteiger partial charge in [0.25, 0.3) is 11.5 Å². The Kier molecular flexibility index (Phi) is 8.48. The van der Waals surface area contributed by atoms with Crippen LogP contribution in [0.2, 0.25) is 0 Å². The second kappa shape index (κ2) is 12.8. The summed E-state index contributed by atoms with van der Waals surface area (Å²) in [4.78, 5) is 32.9. The van der Waals surface area contributed by atoms with E-state index in [4.69, 9.17) is 9.47 Å². The van der Waals surface area contributed by atoms with Gasteiger partial charge in [-0.2, -0.15) is 0 Å². The number of nitrogens with one attached hydrogen (secondary N) is 2. The number of piperidine rings is 1. The number of likely N-dealkylation sites (tertiary alicyclic amines) is 1. The molecule has 2 aliphatic rings. The van der Waals surface area contributed by atoms with Gasteiger partial charge in [-0.1, -0.05) is 24.3 Å². The average molecular weight is 568 g/mol. The number of ether oxygens (including phenoxy) is 2. The van der Waals surface area contributed by atoms with E-state index in [1.54, 1.807) is 12.4 Å². The molecule has 2 aliphatic heterocycles. The second-order valence-electron chi connectivity index (χ2n) is 11.1. The van der Waals surface area contributed by atoms with E-state index in [1.807, 2.05) is 47.9 Å². The Morgan fingerprint density at radius 1 is 0.952 bits per heavy atom. The lowest BCUT2D eigenvalue weighted by Crippen LogP contribution is -2.43. The van der Waals surface area contributed by atoms with E-state index < -0.39 is 0 Å². The molecule has 0 atom stereocenters. The summed E-state index contributed by atoms with van der Waals surface area (Å²) in [6.45, 7) is 7.65. The van der Waals surface area contributed by atoms with Gasteiger partial charge in [-0.15, -0.1) is 0 Å². The lowest BCUT2D eigenvalue weighted by atomic mass is 10.0. The average Bonchev–Trinajstić information content (AvgIpc) is 3.02. The molecule has 2 aromatic heterocycles. The molecule has 4 heterocycles. The number of pyridine rings is 2. The van der Waals surface area contributed by atoms with E-state index in [0.29, 0.717) is 37.9 Å². The number of carbonyl (C=O) groups is 1. The van der Waals surface area contributed by atoms with Crippen LogP contribution in [-0.2, 0) is 19.6 Å². The quantitative estimate of drug-likeness (QED) is 0.319. The molecule has 218 valence electrons. The topological polar surface area (TPSA) is 97.7 Å². The fourth-order valence-electron chi connectivity index (χ4n) is 5.75. The zero-order valence-corrected chi connectivity index (χ0v) is 24.0. The SMILES string of the molecule is Cc1ccc2c(C(=O)NCc3cccnc3)cc(=O)n(CCN3CCC(NCc4ccc5c(c4)OCCO5)CC3)c2c1. The molecule has 0 saturated carbocycles. The van der Waals surface area contributed by atoms with Crippen LogP contribution in [0.4, 0.5) is 0 Å². The summed E-state index contributed by atoms with van der Waals surface area (Å²) < 4.78 is 13.2. The normalized spacial score (nSPS) is 15.5. The van der Waals surface area contributed by atoms with Crippen molar-refractivity contribution < 1.29 is 14.3 Å². The van der Waals surface area contributed by atoms with Crippen molar-refractivity contribution in [1.82, 2.24) is 25.1 Å². The number of hydrogen-bond acceptors (Lipinski definition) is 7. The van der Waals surface area contributed by atoms with E-state index in [-0.39, 0.29) is 11.5 Å². The van der Waals surface area contributed by atoms with Gasteiger partial charge in [0.05, 0.1) is 11.1 Å². The number of rotatable bonds is 9. The number of amides is 1. The first-order valence-corrected chi connectivity index (χ1v) is 14.7. The minimum absolute atomic E-state index is 0.157. The molecule has 4 aromatic rings. The van der Waals surface area contributed by atoms with Crippen molar-refractivity contribution in [2.45, 2.75) is 45.4 Å². The summed E-state index contributed by atoms with van der Waals surface area (Å²) in [7, 11) is 0. The summed E-state index contributed by atoms with van der Waals surface area (Å²) in [6.07, 6.45) is 5.52. The van der Waals surface area contributed by atoms with Gasteiger partial charge in [0.2, 0.25) is 0 Å². The monoisotopic (exact) mass is 567 g/mol. The molecule has 9 nitrogen and oxygen atoms in total. The summed E-state index contributed by atoms with van der Waals surface area (Å²) in [5.74, 6) is 1.38. The first-order valence-electron chi connectivity index (χ1n) is 14.7. The molecule has 0 aliphatic carbocycles. The lowest BCUT2D eigenvalue weighted by Gasteiger charge is -2.32. The van der Waals surface area contributed by atoms with Crippen molar-refractivity contribution in [3.63, 3.8) is 0 Å². The predicted molar refractivity (Wildman–Crippen MR) is 162 cm³/mol. The third-order valence-electron chi connectivity index (χ3n) is 8.12. The largest absolute Gasteiger partial charge is 0.486 e. The lowest BCUT2D eigenvalue weighted by molar-refractivity contribution is 0.0952. The second-order valence-corrected chi connectivity index (χ2v) is 11.1. The van der Waals surface area contributed by atoms with Crippen LogP contribution in [0.1, 0.15) is 39.9 Å². The molecule has 1 fully saturated rings. The number of benzene rings is 2. The molecule has 42 heavy (non-hydrogen) atoms. The maximum Gasteiger partial charge on any atom is 0.252 e. The summed E-state index contributed by atoms with van der Waals surface area (Å²) in [5.41, 5.74) is 4.19. The van der Waals surface area contributed by atoms with Crippen LogP contribution >= 0.6 is 0 Å². The molecular formula is C33H37N5O4. The van der Waals surface area contributed by atoms with Gasteiger partial charge in [0.1, 0.15) is 13.2 Å². The van der Waals surface area contributed by atoms with Crippen LogP contribution in [0.3, 0.4) is 0 Å². The van der Waals surface area contributed by atoms with Crippen LogP contribution in [0, 0.1) is 6.92 Å². The Balaban J connectivity index is 1.06. The Morgan fingerprint density at radius 2 is 1.79 bits per heavy atom. The van der Waals surface area contributed by atoms with Crippen LogP contribution in [-0.4, -0.2) is 59.2 Å². The highest BCUT2D eigenvalue weighted by Gasteiger charge is 2.21. The molecule has 0 radical (unpaired) electrons. The first kappa shape index (κ1) is 27.9. The highest BCUT2D eigenvalue weighted by Crippen LogP contribution is 2.30. The highest BCUT2D eigenvalue weighted by molar-refractivity contribution is 6.06. The molecule has 2 aromatic carbocycles. The molecule has 1 amide bonds. The predicted octanol–water partition coefficient (Wildman–Crippen LogP) is 3.66. The van der Waals surface area contributed by atoms with Crippen molar-refractivity contribution in [1.29, 1.82) is 0 Å². The molecule has 0 unspecified atom stereocenters. The van der Waals surface area contributed by atoms with Crippen LogP contribution in [0.5, 0.6) is 11.5 Å². The van der Waals surface area contributed by atoms with E-state index >= 15 is 0 Å². The standard InChI is InChI=1S/C33H37N5O4/c1-23-4-6-27-28(33(40)36-22-25-3-2-10-34-20-25)19-32(39)38(29(27)17-23)14-13-37-11-8-26(9-12-37)35-21-24-5-7-30-31(18-24)42-16-15-41-30/h2-7,10,17-20,26,35H,8-9,11-16,21-22H2,1H3,(H,36,40). The summed E-state index contributed by atoms with van der Waals surface area (Å²) in [5, 5.41) is 7.42. The number of aromatic nitrogens is 2. The molecule has 0 bridgehead atoms. The highest BCUT2D eigenvalue weighted by atomic mass is 16.6. The maximum atomic E-state index is 13.3. The van der Waals surface area contributed by atoms with Crippen molar-refractivity contribution in [2.24, 2.45) is 0 Å². The zero-order valence-electron chi connectivity index (χ0n) is 24.0. The Hall–Kier alpha value is -4.21. The van der Waals surface area contributed by atoms with Gasteiger partial charge in [0, 0.05) is 56.1 Å². The van der Waals surface area contributed by atoms with Gasteiger partial charge in [-0.05, 0) is 73.8 Å². The van der Waals surface area contributed by atoms with Gasteiger partial charge < -0.3 is 29.6 Å². The number of nitrogens with zero attached hydrogens (tertiary/aromatic N) is 3. The molecular weight excluding hydrogens is 530 g/mol. The van der Waals surface area contributed by atoms with Crippen LogP contribution in [0.25, 0.3) is 10.9 Å². The summed E-state index contributed by atoms with van der Waals surface area (Å²) in [6, 6.07) is 17.7. The third-order valence-corrected chi connectivity index (χ3v) is 8.12. The first-order chi connectivity index (χ1) is 20.5. The summed E-state index contributed by atoms with van der Waals surface area (Å²) >= 11 is 0. The van der Waals surface area contributed by atoms with Gasteiger partial charge in [0.15, 0.2) is 11.5 Å². The van der Waals surface area contributed by atoms with Gasteiger partial charge in [-0.3, -0.25) is 14.6 Å². The van der Waals surface area contributed by atoms with Gasteiger partial charge in [-0.25, -0.2) is 0 Å². The number of carbonyl (C=O) groups excluding carboxylic acids is 1. The van der Waals surface area contributed by atoms with Crippen LogP contribution in [0.15, 0.2) is 71.8 Å². The van der Waals surface area contributed by atoms with Crippen molar-refractivity contribution in [2.75, 3.05) is 32.8 Å². The number of hydrogen-bond donors (Lipinski definition) is 2. The minimum atomic E-state index is -0.261. The molecule has 0 spiro atoms. The Bertz CT molecular complexity index is 1610. The fourth-order valence-corrected chi connectivity index (χ4v) is 5.75. The van der Waals surface area contributed by atoms with Crippen molar-refractivity contribution in [3.05, 3.63) is 99.6 Å². The Labute approximate surface area is 245 Å². The third kappa shape index (κ3) is 6.48. The zero-order chi connectivity index (χ0) is 28.9. The maximum absolute atomic E-state index is 13.3. The van der Waals surface area contributed by atoms with Crippen molar-refractivity contribution >= 4 is 16.8 Å². The smallest absolute Gasteiger partial charge is 0.252 e. The minimum Gasteiger partial charge on any atom is -0.486 e. The van der Waals surface area contributed by atoms with E-state index in [0.717, 1.165) is 72.5 Å². The Morgan fingerprint density at radius 3 is 2.60 bits per heavy atom. The van der Waals surface area contributed by atoms with E-state index in [9.17, 15) is 9.59 Å². The molecule has 6 rings (SSSR count). The van der Waals surface area contributed by atoms with Crippen molar-refractivity contribution in [3.8, 4) is 11.5 Å².